The molecule has 0 heterocycles. The number of carbonyl (C=O) groups is 1. The van der Waals surface area contributed by atoms with E-state index in [0.29, 0.717) is 5.56 Å². The SMILES string of the molecule is O=C(O)c1cccc(COCc2ccccc2F)c1. The first-order valence-electron chi connectivity index (χ1n) is 5.80. The first kappa shape index (κ1) is 13.2. The second-order valence-electron chi connectivity index (χ2n) is 4.09. The average Bonchev–Trinajstić information content (AvgIpc) is 2.41. The third-order valence-corrected chi connectivity index (χ3v) is 2.66. The van der Waals surface area contributed by atoms with E-state index in [4.69, 9.17) is 9.84 Å². The van der Waals surface area contributed by atoms with E-state index in [1.165, 1.54) is 12.1 Å². The summed E-state index contributed by atoms with van der Waals surface area (Å²) in [7, 11) is 0. The van der Waals surface area contributed by atoms with Crippen LogP contribution in [0.5, 0.6) is 0 Å². The highest BCUT2D eigenvalue weighted by Gasteiger charge is 2.04. The highest BCUT2D eigenvalue weighted by molar-refractivity contribution is 5.87. The topological polar surface area (TPSA) is 46.5 Å². The number of halogens is 1. The molecule has 0 bridgehead atoms. The molecule has 0 spiro atoms. The van der Waals surface area contributed by atoms with Gasteiger partial charge >= 0.3 is 5.97 Å². The van der Waals surface area contributed by atoms with E-state index in [-0.39, 0.29) is 24.6 Å². The van der Waals surface area contributed by atoms with Crippen LogP contribution in [-0.4, -0.2) is 11.1 Å². The molecule has 0 atom stereocenters. The molecule has 0 aliphatic carbocycles. The van der Waals surface area contributed by atoms with Crippen molar-refractivity contribution in [2.75, 3.05) is 0 Å². The van der Waals surface area contributed by atoms with Gasteiger partial charge in [-0.15, -0.1) is 0 Å². The highest BCUT2D eigenvalue weighted by atomic mass is 19.1. The largest absolute Gasteiger partial charge is 0.478 e. The second-order valence-corrected chi connectivity index (χ2v) is 4.09. The summed E-state index contributed by atoms with van der Waals surface area (Å²) >= 11 is 0. The van der Waals surface area contributed by atoms with Gasteiger partial charge in [0.25, 0.3) is 0 Å². The van der Waals surface area contributed by atoms with Crippen molar-refractivity contribution in [2.24, 2.45) is 0 Å². The van der Waals surface area contributed by atoms with Crippen molar-refractivity contribution in [1.82, 2.24) is 0 Å². The number of rotatable bonds is 5. The van der Waals surface area contributed by atoms with E-state index in [0.717, 1.165) is 5.56 Å². The number of hydrogen-bond acceptors (Lipinski definition) is 2. The zero-order valence-corrected chi connectivity index (χ0v) is 10.2. The summed E-state index contributed by atoms with van der Waals surface area (Å²) in [4.78, 5) is 10.8. The molecule has 1 N–H and O–H groups in total. The molecule has 0 aliphatic rings. The van der Waals surface area contributed by atoms with Gasteiger partial charge in [-0.2, -0.15) is 0 Å². The van der Waals surface area contributed by atoms with Crippen molar-refractivity contribution in [3.63, 3.8) is 0 Å². The maximum Gasteiger partial charge on any atom is 0.335 e. The summed E-state index contributed by atoms with van der Waals surface area (Å²) in [6.45, 7) is 0.402. The van der Waals surface area contributed by atoms with Gasteiger partial charge in [0.2, 0.25) is 0 Å². The Balaban J connectivity index is 1.94. The van der Waals surface area contributed by atoms with Gasteiger partial charge in [0, 0.05) is 5.56 Å². The Morgan fingerprint density at radius 3 is 2.63 bits per heavy atom. The third-order valence-electron chi connectivity index (χ3n) is 2.66. The van der Waals surface area contributed by atoms with Crippen molar-refractivity contribution >= 4 is 5.97 Å². The lowest BCUT2D eigenvalue weighted by atomic mass is 10.1. The molecule has 0 unspecified atom stereocenters. The molecule has 2 rings (SSSR count). The van der Waals surface area contributed by atoms with Crippen LogP contribution in [0.1, 0.15) is 21.5 Å². The number of carboxylic acid groups (broad SMARTS) is 1. The van der Waals surface area contributed by atoms with E-state index in [1.807, 2.05) is 0 Å². The fourth-order valence-corrected chi connectivity index (χ4v) is 1.69. The molecule has 19 heavy (non-hydrogen) atoms. The van der Waals surface area contributed by atoms with Gasteiger partial charge in [0.15, 0.2) is 0 Å². The third kappa shape index (κ3) is 3.63. The van der Waals surface area contributed by atoms with Crippen molar-refractivity contribution < 1.29 is 19.0 Å². The minimum Gasteiger partial charge on any atom is -0.478 e. The van der Waals surface area contributed by atoms with Crippen molar-refractivity contribution in [2.45, 2.75) is 13.2 Å². The van der Waals surface area contributed by atoms with E-state index >= 15 is 0 Å². The zero-order valence-electron chi connectivity index (χ0n) is 10.2. The Bertz CT molecular complexity index is 581. The summed E-state index contributed by atoms with van der Waals surface area (Å²) in [5.41, 5.74) is 1.44. The van der Waals surface area contributed by atoms with Crippen LogP contribution in [0, 0.1) is 5.82 Å². The van der Waals surface area contributed by atoms with Crippen molar-refractivity contribution in [3.05, 3.63) is 71.0 Å². The Morgan fingerprint density at radius 2 is 1.89 bits per heavy atom. The maximum absolute atomic E-state index is 13.3. The van der Waals surface area contributed by atoms with Crippen molar-refractivity contribution in [1.29, 1.82) is 0 Å². The summed E-state index contributed by atoms with van der Waals surface area (Å²) in [5, 5.41) is 8.86. The molecule has 3 nitrogen and oxygen atoms in total. The van der Waals surface area contributed by atoms with Gasteiger partial charge in [-0.05, 0) is 23.8 Å². The van der Waals surface area contributed by atoms with Gasteiger partial charge < -0.3 is 9.84 Å². The van der Waals surface area contributed by atoms with Crippen LogP contribution in [0.4, 0.5) is 4.39 Å². The smallest absolute Gasteiger partial charge is 0.335 e. The number of ether oxygens (including phenoxy) is 1. The fraction of sp³-hybridized carbons (Fsp3) is 0.133. The number of hydrogen-bond donors (Lipinski definition) is 1. The Kier molecular flexibility index (Phi) is 4.26. The minimum atomic E-state index is -0.976. The maximum atomic E-state index is 13.3. The molecule has 2 aromatic carbocycles. The molecule has 0 aliphatic heterocycles. The molecule has 98 valence electrons. The van der Waals surface area contributed by atoms with Gasteiger partial charge in [-0.3, -0.25) is 0 Å². The minimum absolute atomic E-state index is 0.157. The van der Waals surface area contributed by atoms with Crippen molar-refractivity contribution in [3.8, 4) is 0 Å². The molecule has 0 aromatic heterocycles. The predicted molar refractivity (Wildman–Crippen MR) is 68.3 cm³/mol. The quantitative estimate of drug-likeness (QED) is 0.897. The lowest BCUT2D eigenvalue weighted by molar-refractivity contribution is 0.0696. The van der Waals surface area contributed by atoms with Gasteiger partial charge in [-0.25, -0.2) is 9.18 Å². The van der Waals surface area contributed by atoms with E-state index in [2.05, 4.69) is 0 Å². The highest BCUT2D eigenvalue weighted by Crippen LogP contribution is 2.11. The van der Waals surface area contributed by atoms with E-state index < -0.39 is 5.97 Å². The van der Waals surface area contributed by atoms with Crippen LogP contribution in [0.15, 0.2) is 48.5 Å². The summed E-state index contributed by atoms with van der Waals surface area (Å²) < 4.78 is 18.7. The molecule has 0 fully saturated rings. The normalized spacial score (nSPS) is 10.4. The van der Waals surface area contributed by atoms with Crippen LogP contribution in [0.25, 0.3) is 0 Å². The summed E-state index contributed by atoms with van der Waals surface area (Å²) in [6.07, 6.45) is 0. The van der Waals surface area contributed by atoms with E-state index in [1.54, 1.807) is 36.4 Å². The van der Waals surface area contributed by atoms with Crippen LogP contribution >= 0.6 is 0 Å². The Morgan fingerprint density at radius 1 is 1.11 bits per heavy atom. The van der Waals surface area contributed by atoms with Gasteiger partial charge in [0.05, 0.1) is 18.8 Å². The number of benzene rings is 2. The second kappa shape index (κ2) is 6.11. The summed E-state index contributed by atoms with van der Waals surface area (Å²) in [5.74, 6) is -1.28. The molecular weight excluding hydrogens is 247 g/mol. The Hall–Kier alpha value is -2.20. The monoisotopic (exact) mass is 260 g/mol. The van der Waals surface area contributed by atoms with Gasteiger partial charge in [0.1, 0.15) is 5.82 Å². The first-order valence-corrected chi connectivity index (χ1v) is 5.80. The first-order chi connectivity index (χ1) is 9.16. The lowest BCUT2D eigenvalue weighted by Crippen LogP contribution is -2.00. The molecule has 2 aromatic rings. The predicted octanol–water partition coefficient (Wildman–Crippen LogP) is 3.24. The molecule has 0 saturated carbocycles. The summed E-state index contributed by atoms with van der Waals surface area (Å²) in [6, 6.07) is 12.9. The fourth-order valence-electron chi connectivity index (χ4n) is 1.69. The van der Waals surface area contributed by atoms with Crippen LogP contribution in [0.3, 0.4) is 0 Å². The lowest BCUT2D eigenvalue weighted by Gasteiger charge is -2.06. The number of aromatic carboxylic acids is 1. The average molecular weight is 260 g/mol. The van der Waals surface area contributed by atoms with Crippen LogP contribution in [0.2, 0.25) is 0 Å². The zero-order chi connectivity index (χ0) is 13.7. The molecule has 4 heteroatoms. The Labute approximate surface area is 110 Å². The standard InChI is InChI=1S/C15H13FO3/c16-14-7-2-1-5-13(14)10-19-9-11-4-3-6-12(8-11)15(17)18/h1-8H,9-10H2,(H,17,18). The molecular formula is C15H13FO3. The number of carboxylic acids is 1. The molecule has 0 saturated heterocycles. The molecule has 0 radical (unpaired) electrons. The van der Waals surface area contributed by atoms with Crippen LogP contribution in [-0.2, 0) is 18.0 Å². The van der Waals surface area contributed by atoms with E-state index in [9.17, 15) is 9.18 Å². The van der Waals surface area contributed by atoms with Crippen LogP contribution < -0.4 is 0 Å². The van der Waals surface area contributed by atoms with Gasteiger partial charge in [-0.1, -0.05) is 30.3 Å². The molecule has 0 amide bonds.